The molecule has 2 rings (SSSR count). The van der Waals surface area contributed by atoms with Crippen LogP contribution in [0.25, 0.3) is 0 Å². The molecule has 0 N–H and O–H groups in total. The van der Waals surface area contributed by atoms with Crippen molar-refractivity contribution in [1.82, 2.24) is 0 Å². The molecule has 0 amide bonds. The lowest BCUT2D eigenvalue weighted by Crippen LogP contribution is -2.22. The molecule has 0 aromatic rings. The van der Waals surface area contributed by atoms with E-state index in [1.807, 2.05) is 0 Å². The van der Waals surface area contributed by atoms with Crippen molar-refractivity contribution in [2.75, 3.05) is 0 Å². The first-order valence-electron chi connectivity index (χ1n) is 5.72. The zero-order valence-corrected chi connectivity index (χ0v) is 8.75. The van der Waals surface area contributed by atoms with Crippen LogP contribution in [0.2, 0.25) is 0 Å². The zero-order chi connectivity index (χ0) is 9.42. The smallest absolute Gasteiger partial charge is 0.139 e. The van der Waals surface area contributed by atoms with Crippen LogP contribution in [-0.4, -0.2) is 5.78 Å². The van der Waals surface area contributed by atoms with E-state index in [4.69, 9.17) is 0 Å². The molecule has 0 saturated heterocycles. The molecule has 0 spiro atoms. The highest BCUT2D eigenvalue weighted by atomic mass is 16.1. The summed E-state index contributed by atoms with van der Waals surface area (Å²) in [6.45, 7) is 4.51. The Morgan fingerprint density at radius 3 is 2.08 bits per heavy atom. The maximum absolute atomic E-state index is 11.9. The molecule has 2 saturated carbocycles. The van der Waals surface area contributed by atoms with Crippen LogP contribution in [0.4, 0.5) is 0 Å². The van der Waals surface area contributed by atoms with Gasteiger partial charge in [-0.05, 0) is 31.1 Å². The summed E-state index contributed by atoms with van der Waals surface area (Å²) >= 11 is 0. The van der Waals surface area contributed by atoms with Gasteiger partial charge in [-0.1, -0.05) is 26.7 Å². The number of carbonyl (C=O) groups is 1. The molecule has 2 aliphatic carbocycles. The van der Waals surface area contributed by atoms with Crippen molar-refractivity contribution in [1.29, 1.82) is 0 Å². The van der Waals surface area contributed by atoms with Crippen molar-refractivity contribution in [3.63, 3.8) is 0 Å². The van der Waals surface area contributed by atoms with Gasteiger partial charge in [0.05, 0.1) is 0 Å². The van der Waals surface area contributed by atoms with Crippen LogP contribution in [0.3, 0.4) is 0 Å². The Morgan fingerprint density at radius 2 is 1.62 bits per heavy atom. The van der Waals surface area contributed by atoms with Gasteiger partial charge in [-0.15, -0.1) is 0 Å². The summed E-state index contributed by atoms with van der Waals surface area (Å²) < 4.78 is 0. The fraction of sp³-hybridized carbons (Fsp3) is 0.917. The van der Waals surface area contributed by atoms with Crippen LogP contribution in [0.15, 0.2) is 0 Å². The predicted molar refractivity (Wildman–Crippen MR) is 53.4 cm³/mol. The predicted octanol–water partition coefficient (Wildman–Crippen LogP) is 3.04. The maximum Gasteiger partial charge on any atom is 0.139 e. The van der Waals surface area contributed by atoms with Gasteiger partial charge in [0.2, 0.25) is 0 Å². The van der Waals surface area contributed by atoms with Gasteiger partial charge in [0.25, 0.3) is 0 Å². The Labute approximate surface area is 80.9 Å². The Bertz CT molecular complexity index is 201. The summed E-state index contributed by atoms with van der Waals surface area (Å²) in [6, 6.07) is 0. The van der Waals surface area contributed by atoms with E-state index in [2.05, 4.69) is 13.8 Å². The van der Waals surface area contributed by atoms with Crippen molar-refractivity contribution in [2.45, 2.75) is 46.0 Å². The molecule has 0 heterocycles. The second-order valence-electron chi connectivity index (χ2n) is 5.18. The van der Waals surface area contributed by atoms with Crippen LogP contribution < -0.4 is 0 Å². The first-order valence-corrected chi connectivity index (χ1v) is 5.72. The van der Waals surface area contributed by atoms with Gasteiger partial charge in [-0.3, -0.25) is 4.79 Å². The van der Waals surface area contributed by atoms with Gasteiger partial charge >= 0.3 is 0 Å². The summed E-state index contributed by atoms with van der Waals surface area (Å²) in [7, 11) is 0. The molecule has 13 heavy (non-hydrogen) atoms. The molecule has 0 aliphatic heterocycles. The normalized spacial score (nSPS) is 44.5. The molecular weight excluding hydrogens is 160 g/mol. The molecule has 2 unspecified atom stereocenters. The second kappa shape index (κ2) is 3.43. The Hall–Kier alpha value is -0.330. The summed E-state index contributed by atoms with van der Waals surface area (Å²) in [5.74, 6) is 3.05. The molecule has 0 aromatic carbocycles. The lowest BCUT2D eigenvalue weighted by Gasteiger charge is -2.25. The Kier molecular flexibility index (Phi) is 2.44. The van der Waals surface area contributed by atoms with Crippen molar-refractivity contribution in [3.05, 3.63) is 0 Å². The second-order valence-corrected chi connectivity index (χ2v) is 5.18. The van der Waals surface area contributed by atoms with E-state index < -0.39 is 0 Å². The van der Waals surface area contributed by atoms with E-state index in [9.17, 15) is 4.79 Å². The fourth-order valence-corrected chi connectivity index (χ4v) is 2.57. The van der Waals surface area contributed by atoms with Crippen molar-refractivity contribution in [2.24, 2.45) is 23.7 Å². The molecule has 74 valence electrons. The third kappa shape index (κ3) is 1.95. The van der Waals surface area contributed by atoms with E-state index in [-0.39, 0.29) is 0 Å². The number of carbonyl (C=O) groups excluding carboxylic acids is 1. The monoisotopic (exact) mass is 180 g/mol. The van der Waals surface area contributed by atoms with Gasteiger partial charge in [0.15, 0.2) is 0 Å². The van der Waals surface area contributed by atoms with Gasteiger partial charge < -0.3 is 0 Å². The molecular formula is C12H20O. The minimum Gasteiger partial charge on any atom is -0.299 e. The molecule has 2 fully saturated rings. The van der Waals surface area contributed by atoms with Crippen molar-refractivity contribution < 1.29 is 4.79 Å². The minimum absolute atomic E-state index is 0.436. The average Bonchev–Trinajstić information content (AvgIpc) is 2.83. The standard InChI is InChI=1S/C12H20O/c1-8-3-5-10(6-4-8)12(13)11-7-9(11)2/h8-11H,3-7H2,1-2H3. The molecule has 0 aromatic heterocycles. The summed E-state index contributed by atoms with van der Waals surface area (Å²) in [5.41, 5.74) is 0. The average molecular weight is 180 g/mol. The quantitative estimate of drug-likeness (QED) is 0.638. The highest BCUT2D eigenvalue weighted by Gasteiger charge is 2.42. The topological polar surface area (TPSA) is 17.1 Å². The lowest BCUT2D eigenvalue weighted by molar-refractivity contribution is -0.125. The van der Waals surface area contributed by atoms with Crippen molar-refractivity contribution in [3.8, 4) is 0 Å². The van der Waals surface area contributed by atoms with Crippen LogP contribution >= 0.6 is 0 Å². The van der Waals surface area contributed by atoms with E-state index in [1.165, 1.54) is 32.1 Å². The summed E-state index contributed by atoms with van der Waals surface area (Å²) in [5, 5.41) is 0. The molecule has 0 radical (unpaired) electrons. The van der Waals surface area contributed by atoms with Crippen LogP contribution in [0, 0.1) is 23.7 Å². The van der Waals surface area contributed by atoms with Gasteiger partial charge in [-0.2, -0.15) is 0 Å². The number of ketones is 1. The number of rotatable bonds is 2. The van der Waals surface area contributed by atoms with E-state index in [1.54, 1.807) is 0 Å². The van der Waals surface area contributed by atoms with E-state index in [0.717, 1.165) is 5.92 Å². The third-order valence-electron chi connectivity index (χ3n) is 3.89. The van der Waals surface area contributed by atoms with Gasteiger partial charge in [0.1, 0.15) is 5.78 Å². The fourth-order valence-electron chi connectivity index (χ4n) is 2.57. The first-order chi connectivity index (χ1) is 6.18. The van der Waals surface area contributed by atoms with Crippen LogP contribution in [0.5, 0.6) is 0 Å². The highest BCUT2D eigenvalue weighted by Crippen LogP contribution is 2.43. The van der Waals surface area contributed by atoms with Crippen LogP contribution in [-0.2, 0) is 4.79 Å². The first kappa shape index (κ1) is 9.23. The largest absolute Gasteiger partial charge is 0.299 e. The van der Waals surface area contributed by atoms with Crippen LogP contribution in [0.1, 0.15) is 46.0 Å². The number of hydrogen-bond acceptors (Lipinski definition) is 1. The lowest BCUT2D eigenvalue weighted by atomic mass is 9.80. The Balaban J connectivity index is 1.84. The Morgan fingerprint density at radius 1 is 1.08 bits per heavy atom. The zero-order valence-electron chi connectivity index (χ0n) is 8.75. The van der Waals surface area contributed by atoms with Gasteiger partial charge in [-0.25, -0.2) is 0 Å². The number of Topliss-reactive ketones (excluding diaryl/α,β-unsaturated/α-hetero) is 1. The van der Waals surface area contributed by atoms with Gasteiger partial charge in [0, 0.05) is 11.8 Å². The molecule has 0 bridgehead atoms. The number of hydrogen-bond donors (Lipinski definition) is 0. The SMILES string of the molecule is CC1CCC(C(=O)C2CC2C)CC1. The summed E-state index contributed by atoms with van der Waals surface area (Å²) in [4.78, 5) is 11.9. The minimum atomic E-state index is 0.436. The highest BCUT2D eigenvalue weighted by molar-refractivity contribution is 5.85. The molecule has 1 nitrogen and oxygen atoms in total. The van der Waals surface area contributed by atoms with E-state index >= 15 is 0 Å². The van der Waals surface area contributed by atoms with E-state index in [0.29, 0.717) is 23.5 Å². The maximum atomic E-state index is 11.9. The summed E-state index contributed by atoms with van der Waals surface area (Å²) in [6.07, 6.45) is 6.06. The molecule has 1 heteroatoms. The molecule has 2 atom stereocenters. The van der Waals surface area contributed by atoms with Crippen molar-refractivity contribution >= 4 is 5.78 Å². The third-order valence-corrected chi connectivity index (χ3v) is 3.89. The molecule has 2 aliphatic rings.